The highest BCUT2D eigenvalue weighted by atomic mass is 35.5. The average Bonchev–Trinajstić information content (AvgIpc) is 2.58. The molecule has 2 aromatic rings. The maximum Gasteiger partial charge on any atom is 0.137 e. The number of hydrogen-bond acceptors (Lipinski definition) is 2. The minimum absolute atomic E-state index is 0.157. The topological polar surface area (TPSA) is 33.0 Å². The van der Waals surface area contributed by atoms with Crippen LogP contribution in [0.4, 0.5) is 0 Å². The first-order chi connectivity index (χ1) is 11.8. The summed E-state index contributed by atoms with van der Waals surface area (Å²) < 4.78 is 5.42. The summed E-state index contributed by atoms with van der Waals surface area (Å²) in [6, 6.07) is 12.3. The predicted octanol–water partition coefficient (Wildman–Crippen LogP) is 5.84. The monoisotopic (exact) mass is 351 g/mol. The molecule has 0 saturated heterocycles. The summed E-state index contributed by atoms with van der Waals surface area (Å²) in [5, 5.41) is 10.2. The fourth-order valence-corrected chi connectivity index (χ4v) is 4.08. The molecule has 0 atom stereocenters. The van der Waals surface area contributed by atoms with E-state index in [1.54, 1.807) is 7.11 Å². The minimum Gasteiger partial charge on any atom is -0.495 e. The second-order valence-electron chi connectivity index (χ2n) is 7.16. The van der Waals surface area contributed by atoms with Crippen molar-refractivity contribution in [2.24, 2.45) is 0 Å². The Morgan fingerprint density at radius 2 is 1.92 bits per heavy atom. The van der Waals surface area contributed by atoms with Gasteiger partial charge in [0.15, 0.2) is 0 Å². The van der Waals surface area contributed by atoms with Gasteiger partial charge in [-0.2, -0.15) is 5.26 Å². The second-order valence-corrected chi connectivity index (χ2v) is 7.57. The minimum atomic E-state index is -0.157. The molecule has 2 nitrogen and oxygen atoms in total. The lowest BCUT2D eigenvalue weighted by molar-refractivity contribution is 0.413. The van der Waals surface area contributed by atoms with Crippen LogP contribution >= 0.6 is 11.6 Å². The van der Waals surface area contributed by atoms with Crippen LogP contribution in [0.2, 0.25) is 5.02 Å². The summed E-state index contributed by atoms with van der Waals surface area (Å²) in [6.07, 6.45) is 0.772. The molecule has 0 spiro atoms. The summed E-state index contributed by atoms with van der Waals surface area (Å²) in [7, 11) is 1.64. The lowest BCUT2D eigenvalue weighted by Crippen LogP contribution is -2.27. The quantitative estimate of drug-likeness (QED) is 0.681. The molecule has 0 bridgehead atoms. The number of nitrogens with zero attached hydrogens (tertiary/aromatic N) is 1. The molecule has 0 unspecified atom stereocenters. The summed E-state index contributed by atoms with van der Waals surface area (Å²) >= 11 is 6.38. The number of benzene rings is 2. The molecule has 0 saturated carbocycles. The van der Waals surface area contributed by atoms with E-state index >= 15 is 0 Å². The van der Waals surface area contributed by atoms with Crippen LogP contribution in [0.1, 0.15) is 48.6 Å². The molecule has 3 rings (SSSR count). The Hall–Kier alpha value is -2.24. The Morgan fingerprint density at radius 1 is 1.20 bits per heavy atom. The summed E-state index contributed by atoms with van der Waals surface area (Å²) in [5.41, 5.74) is 7.72. The van der Waals surface area contributed by atoms with Gasteiger partial charge >= 0.3 is 0 Å². The number of halogens is 1. The van der Waals surface area contributed by atoms with Crippen molar-refractivity contribution in [1.29, 1.82) is 5.26 Å². The molecular formula is C22H22ClNO. The zero-order valence-corrected chi connectivity index (χ0v) is 16.1. The number of allylic oxidation sites excluding steroid dienone is 2. The summed E-state index contributed by atoms with van der Waals surface area (Å²) in [5.74, 6) is 0.707. The third-order valence-corrected chi connectivity index (χ3v) is 5.80. The molecule has 0 radical (unpaired) electrons. The van der Waals surface area contributed by atoms with Crippen LogP contribution in [0, 0.1) is 18.3 Å². The molecule has 3 heteroatoms. The molecule has 2 aromatic carbocycles. The van der Waals surface area contributed by atoms with Crippen molar-refractivity contribution in [1.82, 2.24) is 0 Å². The van der Waals surface area contributed by atoms with Crippen LogP contribution in [0.15, 0.2) is 35.9 Å². The molecular weight excluding hydrogens is 330 g/mol. The van der Waals surface area contributed by atoms with Gasteiger partial charge in [0.1, 0.15) is 5.75 Å². The van der Waals surface area contributed by atoms with E-state index in [0.717, 1.165) is 23.1 Å². The van der Waals surface area contributed by atoms with Gasteiger partial charge in [-0.1, -0.05) is 43.2 Å². The molecule has 1 aliphatic rings. The molecule has 0 heterocycles. The van der Waals surface area contributed by atoms with Gasteiger partial charge in [0.2, 0.25) is 0 Å². The third-order valence-electron chi connectivity index (χ3n) is 5.50. The molecule has 0 aliphatic heterocycles. The van der Waals surface area contributed by atoms with Crippen molar-refractivity contribution in [3.63, 3.8) is 0 Å². The van der Waals surface area contributed by atoms with Gasteiger partial charge in [-0.25, -0.2) is 0 Å². The number of hydrogen-bond donors (Lipinski definition) is 0. The first-order valence-electron chi connectivity index (χ1n) is 8.38. The van der Waals surface area contributed by atoms with E-state index in [1.165, 1.54) is 22.3 Å². The van der Waals surface area contributed by atoms with Gasteiger partial charge in [0.05, 0.1) is 23.8 Å². The van der Waals surface area contributed by atoms with Crippen LogP contribution in [0.25, 0.3) is 5.57 Å². The van der Waals surface area contributed by atoms with E-state index in [2.05, 4.69) is 45.9 Å². The molecule has 0 N–H and O–H groups in total. The Kier molecular flexibility index (Phi) is 4.39. The molecule has 25 heavy (non-hydrogen) atoms. The maximum absolute atomic E-state index is 9.59. The number of fused-ring (bicyclic) bond motifs is 1. The first-order valence-corrected chi connectivity index (χ1v) is 8.76. The predicted molar refractivity (Wildman–Crippen MR) is 103 cm³/mol. The van der Waals surface area contributed by atoms with Crippen LogP contribution < -0.4 is 4.74 Å². The van der Waals surface area contributed by atoms with Crippen LogP contribution in [0.3, 0.4) is 0 Å². The van der Waals surface area contributed by atoms with E-state index in [9.17, 15) is 5.26 Å². The zero-order chi connectivity index (χ0) is 18.4. The number of methoxy groups -OCH3 is 1. The van der Waals surface area contributed by atoms with Crippen LogP contribution in [-0.4, -0.2) is 7.11 Å². The SMILES string of the molecule is COc1cc2c(cc1Cl)CC(c1c(C)cccc1C#N)=C(C)C2(C)C. The van der Waals surface area contributed by atoms with Crippen LogP contribution in [0.5, 0.6) is 5.75 Å². The van der Waals surface area contributed by atoms with Gasteiger partial charge in [-0.3, -0.25) is 0 Å². The number of rotatable bonds is 2. The number of nitriles is 1. The summed E-state index contributed by atoms with van der Waals surface area (Å²) in [4.78, 5) is 0. The third kappa shape index (κ3) is 2.73. The smallest absolute Gasteiger partial charge is 0.137 e. The van der Waals surface area contributed by atoms with E-state index in [4.69, 9.17) is 16.3 Å². The van der Waals surface area contributed by atoms with Gasteiger partial charge < -0.3 is 4.74 Å². The summed E-state index contributed by atoms with van der Waals surface area (Å²) in [6.45, 7) is 8.68. The molecule has 1 aliphatic carbocycles. The van der Waals surface area contributed by atoms with Crippen molar-refractivity contribution in [3.8, 4) is 11.8 Å². The van der Waals surface area contributed by atoms with E-state index < -0.39 is 0 Å². The number of aryl methyl sites for hydroxylation is 1. The second kappa shape index (κ2) is 6.24. The molecule has 128 valence electrons. The van der Waals surface area contributed by atoms with Crippen molar-refractivity contribution >= 4 is 17.2 Å². The highest BCUT2D eigenvalue weighted by Gasteiger charge is 2.34. The van der Waals surface area contributed by atoms with E-state index in [1.807, 2.05) is 18.2 Å². The normalized spacial score (nSPS) is 15.6. The fourth-order valence-electron chi connectivity index (χ4n) is 3.82. The first kappa shape index (κ1) is 17.6. The van der Waals surface area contributed by atoms with E-state index in [0.29, 0.717) is 10.8 Å². The largest absolute Gasteiger partial charge is 0.495 e. The van der Waals surface area contributed by atoms with Crippen molar-refractivity contribution in [3.05, 3.63) is 68.7 Å². The molecule has 0 amide bonds. The zero-order valence-electron chi connectivity index (χ0n) is 15.3. The number of ether oxygens (including phenoxy) is 1. The van der Waals surface area contributed by atoms with Crippen molar-refractivity contribution in [2.75, 3.05) is 7.11 Å². The van der Waals surface area contributed by atoms with Gasteiger partial charge in [0.25, 0.3) is 0 Å². The maximum atomic E-state index is 9.59. The standard InChI is InChI=1S/C22H22ClNO/c1-13-7-6-8-15(12-24)21(13)17-9-16-10-19(23)20(25-5)11-18(16)22(3,4)14(17)2/h6-8,10-11H,9H2,1-5H3. The van der Waals surface area contributed by atoms with Crippen molar-refractivity contribution in [2.45, 2.75) is 39.5 Å². The lowest BCUT2D eigenvalue weighted by atomic mass is 9.67. The van der Waals surface area contributed by atoms with Gasteiger partial charge in [-0.05, 0) is 66.3 Å². The molecule has 0 aromatic heterocycles. The Morgan fingerprint density at radius 3 is 2.56 bits per heavy atom. The Bertz CT molecular complexity index is 932. The van der Waals surface area contributed by atoms with Gasteiger partial charge in [-0.15, -0.1) is 0 Å². The van der Waals surface area contributed by atoms with E-state index in [-0.39, 0.29) is 5.41 Å². The van der Waals surface area contributed by atoms with Crippen LogP contribution in [-0.2, 0) is 11.8 Å². The Labute approximate surface area is 154 Å². The van der Waals surface area contributed by atoms with Gasteiger partial charge in [0, 0.05) is 5.41 Å². The lowest BCUT2D eigenvalue weighted by Gasteiger charge is -2.37. The average molecular weight is 352 g/mol. The fraction of sp³-hybridized carbons (Fsp3) is 0.318. The van der Waals surface area contributed by atoms with Crippen molar-refractivity contribution < 1.29 is 4.74 Å². The Balaban J connectivity index is 2.27. The highest BCUT2D eigenvalue weighted by molar-refractivity contribution is 6.32. The highest BCUT2D eigenvalue weighted by Crippen LogP contribution is 2.47. The molecule has 0 fully saturated rings.